The number of aromatic carboxylic acids is 1. The fourth-order valence-corrected chi connectivity index (χ4v) is 1.68. The Morgan fingerprint density at radius 3 is 2.57 bits per heavy atom. The molecule has 0 atom stereocenters. The standard InChI is InChI=1S/C8H7ClO4S/c9-7-2-1-5(4-14(12)13)3-6(7)8(10)11/h1-3,14H,4H2,(H,10,11). The fraction of sp³-hybridized carbons (Fsp3) is 0.125. The van der Waals surface area contributed by atoms with Crippen LogP contribution in [0.5, 0.6) is 0 Å². The van der Waals surface area contributed by atoms with Crippen molar-refractivity contribution in [2.24, 2.45) is 0 Å². The Hall–Kier alpha value is -1.07. The molecule has 0 amide bonds. The van der Waals surface area contributed by atoms with Crippen LogP contribution < -0.4 is 0 Å². The lowest BCUT2D eigenvalue weighted by atomic mass is 10.1. The molecule has 0 radical (unpaired) electrons. The zero-order valence-corrected chi connectivity index (χ0v) is 8.59. The van der Waals surface area contributed by atoms with Crippen LogP contribution in [-0.4, -0.2) is 19.5 Å². The smallest absolute Gasteiger partial charge is 0.337 e. The second-order valence-electron chi connectivity index (χ2n) is 2.61. The van der Waals surface area contributed by atoms with Gasteiger partial charge >= 0.3 is 5.97 Å². The van der Waals surface area contributed by atoms with Crippen LogP contribution in [0.15, 0.2) is 18.2 Å². The van der Waals surface area contributed by atoms with E-state index in [9.17, 15) is 13.2 Å². The van der Waals surface area contributed by atoms with Crippen LogP contribution in [0.1, 0.15) is 15.9 Å². The maximum absolute atomic E-state index is 10.6. The van der Waals surface area contributed by atoms with Gasteiger partial charge < -0.3 is 5.11 Å². The molecule has 1 aromatic carbocycles. The third kappa shape index (κ3) is 2.71. The molecule has 0 saturated carbocycles. The maximum Gasteiger partial charge on any atom is 0.337 e. The molecule has 0 unspecified atom stereocenters. The van der Waals surface area contributed by atoms with Gasteiger partial charge in [0, 0.05) is 0 Å². The van der Waals surface area contributed by atoms with Gasteiger partial charge in [0.1, 0.15) is 10.7 Å². The van der Waals surface area contributed by atoms with E-state index in [0.717, 1.165) is 0 Å². The Labute approximate surface area is 87.1 Å². The number of carbonyl (C=O) groups is 1. The van der Waals surface area contributed by atoms with Gasteiger partial charge in [0.05, 0.1) is 16.3 Å². The predicted molar refractivity (Wildman–Crippen MR) is 52.4 cm³/mol. The monoisotopic (exact) mass is 234 g/mol. The van der Waals surface area contributed by atoms with Gasteiger partial charge in [0.2, 0.25) is 0 Å². The van der Waals surface area contributed by atoms with Crippen molar-refractivity contribution in [1.29, 1.82) is 0 Å². The van der Waals surface area contributed by atoms with Gasteiger partial charge in [-0.15, -0.1) is 0 Å². The van der Waals surface area contributed by atoms with Crippen LogP contribution in [0.3, 0.4) is 0 Å². The van der Waals surface area contributed by atoms with Crippen molar-refractivity contribution in [3.63, 3.8) is 0 Å². The Balaban J connectivity index is 3.12. The van der Waals surface area contributed by atoms with Crippen molar-refractivity contribution < 1.29 is 18.3 Å². The molecular formula is C8H7ClO4S. The van der Waals surface area contributed by atoms with Gasteiger partial charge in [-0.25, -0.2) is 13.2 Å². The van der Waals surface area contributed by atoms with Crippen molar-refractivity contribution in [1.82, 2.24) is 0 Å². The Morgan fingerprint density at radius 1 is 1.43 bits per heavy atom. The molecule has 6 heteroatoms. The van der Waals surface area contributed by atoms with Crippen LogP contribution in [0, 0.1) is 0 Å². The average molecular weight is 235 g/mol. The minimum atomic E-state index is -2.55. The third-order valence-electron chi connectivity index (χ3n) is 1.57. The first-order valence-corrected chi connectivity index (χ1v) is 5.38. The van der Waals surface area contributed by atoms with Gasteiger partial charge in [0.25, 0.3) is 0 Å². The number of benzene rings is 1. The molecule has 0 heterocycles. The van der Waals surface area contributed by atoms with Crippen LogP contribution in [-0.2, 0) is 16.5 Å². The number of carboxylic acids is 1. The zero-order chi connectivity index (χ0) is 10.7. The van der Waals surface area contributed by atoms with E-state index in [1.165, 1.54) is 18.2 Å². The van der Waals surface area contributed by atoms with Crippen molar-refractivity contribution in [3.05, 3.63) is 34.3 Å². The van der Waals surface area contributed by atoms with E-state index in [2.05, 4.69) is 0 Å². The summed E-state index contributed by atoms with van der Waals surface area (Å²) in [5, 5.41) is 8.79. The number of carboxylic acid groups (broad SMARTS) is 1. The highest BCUT2D eigenvalue weighted by atomic mass is 35.5. The van der Waals surface area contributed by atoms with E-state index >= 15 is 0 Å². The Bertz CT molecular complexity index is 431. The average Bonchev–Trinajstić information content (AvgIpc) is 2.07. The first-order chi connectivity index (χ1) is 6.50. The summed E-state index contributed by atoms with van der Waals surface area (Å²) in [6.45, 7) is 0. The molecule has 1 N–H and O–H groups in total. The summed E-state index contributed by atoms with van der Waals surface area (Å²) in [6.07, 6.45) is 0. The largest absolute Gasteiger partial charge is 0.478 e. The number of halogens is 1. The van der Waals surface area contributed by atoms with Crippen molar-refractivity contribution >= 4 is 28.3 Å². The van der Waals surface area contributed by atoms with Crippen molar-refractivity contribution in [2.75, 3.05) is 0 Å². The molecule has 0 aliphatic rings. The molecule has 0 spiro atoms. The summed E-state index contributed by atoms with van der Waals surface area (Å²) < 4.78 is 20.8. The first kappa shape index (κ1) is 11.0. The predicted octanol–water partition coefficient (Wildman–Crippen LogP) is 1.15. The quantitative estimate of drug-likeness (QED) is 0.770. The molecule has 1 rings (SSSR count). The molecule has 4 nitrogen and oxygen atoms in total. The number of hydrogen-bond acceptors (Lipinski definition) is 3. The zero-order valence-electron chi connectivity index (χ0n) is 6.94. The maximum atomic E-state index is 10.6. The molecule has 76 valence electrons. The highest BCUT2D eigenvalue weighted by Crippen LogP contribution is 2.17. The minimum absolute atomic E-state index is 0.0824. The minimum Gasteiger partial charge on any atom is -0.478 e. The van der Waals surface area contributed by atoms with E-state index in [4.69, 9.17) is 16.7 Å². The van der Waals surface area contributed by atoms with Crippen molar-refractivity contribution in [3.8, 4) is 0 Å². The number of thiol groups is 1. The molecule has 1 aromatic rings. The number of hydrogen-bond donors (Lipinski definition) is 2. The van der Waals surface area contributed by atoms with Crippen LogP contribution >= 0.6 is 11.6 Å². The molecule has 0 fully saturated rings. The van der Waals surface area contributed by atoms with E-state index in [1.54, 1.807) is 0 Å². The summed E-state index contributed by atoms with van der Waals surface area (Å²) in [6, 6.07) is 4.12. The van der Waals surface area contributed by atoms with Gasteiger partial charge in [-0.05, 0) is 17.7 Å². The highest BCUT2D eigenvalue weighted by molar-refractivity contribution is 7.71. The molecule has 0 bridgehead atoms. The van der Waals surface area contributed by atoms with Crippen molar-refractivity contribution in [2.45, 2.75) is 5.75 Å². The normalized spacial score (nSPS) is 10.4. The molecule has 0 aliphatic carbocycles. The molecular weight excluding hydrogens is 228 g/mol. The molecule has 0 aromatic heterocycles. The molecule has 0 aliphatic heterocycles. The van der Waals surface area contributed by atoms with Crippen LogP contribution in [0.4, 0.5) is 0 Å². The first-order valence-electron chi connectivity index (χ1n) is 3.64. The van der Waals surface area contributed by atoms with E-state index < -0.39 is 16.7 Å². The van der Waals surface area contributed by atoms with Gasteiger partial charge in [-0.2, -0.15) is 0 Å². The third-order valence-corrected chi connectivity index (χ3v) is 2.53. The SMILES string of the molecule is O=C(O)c1cc(C[SH](=O)=O)ccc1Cl. The summed E-state index contributed by atoms with van der Waals surface area (Å²) in [5.74, 6) is -1.34. The number of rotatable bonds is 3. The lowest BCUT2D eigenvalue weighted by molar-refractivity contribution is 0.0697. The van der Waals surface area contributed by atoms with Crippen LogP contribution in [0.25, 0.3) is 0 Å². The Morgan fingerprint density at radius 2 is 2.07 bits per heavy atom. The van der Waals surface area contributed by atoms with E-state index in [-0.39, 0.29) is 16.3 Å². The summed E-state index contributed by atoms with van der Waals surface area (Å²) in [5.41, 5.74) is 0.337. The molecule has 14 heavy (non-hydrogen) atoms. The lowest BCUT2D eigenvalue weighted by Gasteiger charge is -2.00. The topological polar surface area (TPSA) is 71.4 Å². The summed E-state index contributed by atoms with van der Waals surface area (Å²) >= 11 is 5.60. The summed E-state index contributed by atoms with van der Waals surface area (Å²) in [4.78, 5) is 10.6. The summed E-state index contributed by atoms with van der Waals surface area (Å²) in [7, 11) is -2.55. The van der Waals surface area contributed by atoms with E-state index in [1.807, 2.05) is 0 Å². The molecule has 0 saturated heterocycles. The van der Waals surface area contributed by atoms with Gasteiger partial charge in [-0.1, -0.05) is 17.7 Å². The Kier molecular flexibility index (Phi) is 3.49. The second kappa shape index (κ2) is 4.43. The van der Waals surface area contributed by atoms with Crippen LogP contribution in [0.2, 0.25) is 5.02 Å². The highest BCUT2D eigenvalue weighted by Gasteiger charge is 2.09. The second-order valence-corrected chi connectivity index (χ2v) is 4.00. The van der Waals surface area contributed by atoms with E-state index in [0.29, 0.717) is 5.56 Å². The van der Waals surface area contributed by atoms with Gasteiger partial charge in [0.15, 0.2) is 0 Å². The fourth-order valence-electron chi connectivity index (χ4n) is 0.984. The van der Waals surface area contributed by atoms with Gasteiger partial charge in [-0.3, -0.25) is 0 Å². The lowest BCUT2D eigenvalue weighted by Crippen LogP contribution is -1.99.